The number of rotatable bonds is 0. The van der Waals surface area contributed by atoms with Gasteiger partial charge in [0.2, 0.25) is 6.41 Å². The lowest BCUT2D eigenvalue weighted by atomic mass is 10.4. The topological polar surface area (TPSA) is 69.1 Å². The maximum Gasteiger partial charge on any atom is 0.204 e. The molecule has 0 aliphatic heterocycles. The second-order valence-electron chi connectivity index (χ2n) is 2.01. The molecule has 4 nitrogen and oxygen atoms in total. The quantitative estimate of drug-likeness (QED) is 0.562. The average molecular weight is 156 g/mol. The predicted octanol–water partition coefficient (Wildman–Crippen LogP) is 0.701. The molecule has 0 fully saturated rings. The Morgan fingerprint density at radius 2 is 1.91 bits per heavy atom. The van der Waals surface area contributed by atoms with Gasteiger partial charge in [-0.25, -0.2) is 4.98 Å². The van der Waals surface area contributed by atoms with E-state index in [2.05, 4.69) is 10.7 Å². The van der Waals surface area contributed by atoms with Crippen molar-refractivity contribution in [1.82, 2.24) is 4.98 Å². The van der Waals surface area contributed by atoms with E-state index < -0.39 is 0 Å². The SMILES string of the molecule is Cc1nc(C)c(C)o1.NC=O. The lowest BCUT2D eigenvalue weighted by Gasteiger charge is -1.77. The molecule has 0 saturated heterocycles. The monoisotopic (exact) mass is 156 g/mol. The zero-order valence-electron chi connectivity index (χ0n) is 6.92. The summed E-state index contributed by atoms with van der Waals surface area (Å²) in [5.74, 6) is 1.67. The summed E-state index contributed by atoms with van der Waals surface area (Å²) < 4.78 is 5.10. The number of hydrogen-bond donors (Lipinski definition) is 1. The van der Waals surface area contributed by atoms with Crippen LogP contribution >= 0.6 is 0 Å². The summed E-state index contributed by atoms with van der Waals surface area (Å²) in [4.78, 5) is 12.6. The van der Waals surface area contributed by atoms with Gasteiger partial charge in [-0.15, -0.1) is 0 Å². The van der Waals surface area contributed by atoms with Gasteiger partial charge in [-0.1, -0.05) is 0 Å². The Kier molecular flexibility index (Phi) is 3.95. The second kappa shape index (κ2) is 4.49. The number of aromatic nitrogens is 1. The number of carbonyl (C=O) groups excluding carboxylic acids is 1. The molecule has 1 rings (SSSR count). The van der Waals surface area contributed by atoms with Crippen LogP contribution in [-0.4, -0.2) is 11.4 Å². The number of primary amides is 1. The molecule has 1 aromatic rings. The lowest BCUT2D eigenvalue weighted by molar-refractivity contribution is -0.106. The average Bonchev–Trinajstić information content (AvgIpc) is 2.12. The number of carbonyl (C=O) groups is 1. The van der Waals surface area contributed by atoms with Gasteiger partial charge in [-0.05, 0) is 13.8 Å². The normalized spacial score (nSPS) is 8.27. The summed E-state index contributed by atoms with van der Waals surface area (Å²) in [6.45, 7) is 5.70. The van der Waals surface area contributed by atoms with Gasteiger partial charge in [0.15, 0.2) is 5.89 Å². The predicted molar refractivity (Wildman–Crippen MR) is 41.0 cm³/mol. The fourth-order valence-corrected chi connectivity index (χ4v) is 0.633. The van der Waals surface area contributed by atoms with Crippen LogP contribution in [0.4, 0.5) is 0 Å². The van der Waals surface area contributed by atoms with E-state index in [0.29, 0.717) is 0 Å². The molecule has 11 heavy (non-hydrogen) atoms. The molecule has 1 heterocycles. The van der Waals surface area contributed by atoms with Gasteiger partial charge in [0.25, 0.3) is 0 Å². The Bertz CT molecular complexity index is 211. The van der Waals surface area contributed by atoms with Gasteiger partial charge in [-0.2, -0.15) is 0 Å². The minimum atomic E-state index is 0.250. The molecular weight excluding hydrogens is 144 g/mol. The minimum Gasteiger partial charge on any atom is -0.446 e. The van der Waals surface area contributed by atoms with Gasteiger partial charge in [0.1, 0.15) is 5.76 Å². The standard InChI is InChI=1S/C6H9NO.CH3NO/c1-4-5(2)8-6(3)7-4;2-1-3/h1-3H3;1H,(H2,2,3). The number of oxazole rings is 1. The van der Waals surface area contributed by atoms with Gasteiger partial charge in [-0.3, -0.25) is 4.79 Å². The maximum absolute atomic E-state index is 8.58. The molecule has 0 atom stereocenters. The Hall–Kier alpha value is -1.32. The second-order valence-corrected chi connectivity index (χ2v) is 2.01. The van der Waals surface area contributed by atoms with E-state index >= 15 is 0 Å². The Morgan fingerprint density at radius 1 is 1.45 bits per heavy atom. The van der Waals surface area contributed by atoms with Crippen molar-refractivity contribution in [3.05, 3.63) is 17.3 Å². The minimum absolute atomic E-state index is 0.250. The number of nitrogens with zero attached hydrogens (tertiary/aromatic N) is 1. The Balaban J connectivity index is 0.000000292. The van der Waals surface area contributed by atoms with Crippen molar-refractivity contribution in [1.29, 1.82) is 0 Å². The van der Waals surface area contributed by atoms with Crippen LogP contribution in [0.3, 0.4) is 0 Å². The Morgan fingerprint density at radius 3 is 2.00 bits per heavy atom. The van der Waals surface area contributed by atoms with E-state index in [1.807, 2.05) is 20.8 Å². The highest BCUT2D eigenvalue weighted by Crippen LogP contribution is 2.05. The van der Waals surface area contributed by atoms with Gasteiger partial charge in [0.05, 0.1) is 5.69 Å². The van der Waals surface area contributed by atoms with Crippen LogP contribution in [0.15, 0.2) is 4.42 Å². The van der Waals surface area contributed by atoms with Crippen molar-refractivity contribution in [3.8, 4) is 0 Å². The molecule has 0 bridgehead atoms. The third kappa shape index (κ3) is 3.40. The van der Waals surface area contributed by atoms with Crippen LogP contribution < -0.4 is 5.73 Å². The molecular formula is C7H12N2O2. The first kappa shape index (κ1) is 9.68. The lowest BCUT2D eigenvalue weighted by Crippen LogP contribution is -1.82. The van der Waals surface area contributed by atoms with Gasteiger partial charge in [0, 0.05) is 6.92 Å². The molecule has 0 saturated carbocycles. The first-order valence-corrected chi connectivity index (χ1v) is 3.17. The third-order valence-electron chi connectivity index (χ3n) is 1.14. The summed E-state index contributed by atoms with van der Waals surface area (Å²) in [6.07, 6.45) is 0.250. The molecule has 0 spiro atoms. The summed E-state index contributed by atoms with van der Waals surface area (Å²) in [7, 11) is 0. The fraction of sp³-hybridized carbons (Fsp3) is 0.429. The van der Waals surface area contributed by atoms with Crippen LogP contribution in [-0.2, 0) is 4.79 Å². The molecule has 1 amide bonds. The molecule has 4 heteroatoms. The van der Waals surface area contributed by atoms with Crippen molar-refractivity contribution in [2.24, 2.45) is 5.73 Å². The van der Waals surface area contributed by atoms with Crippen molar-refractivity contribution >= 4 is 6.41 Å². The zero-order valence-corrected chi connectivity index (χ0v) is 6.92. The smallest absolute Gasteiger partial charge is 0.204 e. The van der Waals surface area contributed by atoms with Crippen LogP contribution in [0, 0.1) is 20.8 Å². The maximum atomic E-state index is 8.58. The van der Waals surface area contributed by atoms with Crippen molar-refractivity contribution in [2.75, 3.05) is 0 Å². The molecule has 0 aromatic carbocycles. The van der Waals surface area contributed by atoms with E-state index in [1.165, 1.54) is 0 Å². The van der Waals surface area contributed by atoms with E-state index in [0.717, 1.165) is 17.3 Å². The molecule has 0 unspecified atom stereocenters. The van der Waals surface area contributed by atoms with Gasteiger partial charge >= 0.3 is 0 Å². The van der Waals surface area contributed by atoms with Crippen molar-refractivity contribution in [3.63, 3.8) is 0 Å². The molecule has 62 valence electrons. The third-order valence-corrected chi connectivity index (χ3v) is 1.14. The zero-order chi connectivity index (χ0) is 8.85. The summed E-state index contributed by atoms with van der Waals surface area (Å²) in [6, 6.07) is 0. The number of nitrogens with two attached hydrogens (primary N) is 1. The highest BCUT2D eigenvalue weighted by Gasteiger charge is 1.97. The molecule has 1 aromatic heterocycles. The molecule has 0 aliphatic rings. The molecule has 2 N–H and O–H groups in total. The number of aryl methyl sites for hydroxylation is 3. The number of amides is 1. The van der Waals surface area contributed by atoms with Gasteiger partial charge < -0.3 is 10.2 Å². The van der Waals surface area contributed by atoms with Crippen molar-refractivity contribution < 1.29 is 9.21 Å². The first-order valence-electron chi connectivity index (χ1n) is 3.17. The van der Waals surface area contributed by atoms with E-state index in [-0.39, 0.29) is 6.41 Å². The van der Waals surface area contributed by atoms with Crippen LogP contribution in [0.2, 0.25) is 0 Å². The largest absolute Gasteiger partial charge is 0.446 e. The van der Waals surface area contributed by atoms with Crippen LogP contribution in [0.5, 0.6) is 0 Å². The molecule has 0 aliphatic carbocycles. The number of hydrogen-bond acceptors (Lipinski definition) is 3. The van der Waals surface area contributed by atoms with E-state index in [4.69, 9.17) is 9.21 Å². The van der Waals surface area contributed by atoms with E-state index in [1.54, 1.807) is 0 Å². The molecule has 0 radical (unpaired) electrons. The highest BCUT2D eigenvalue weighted by molar-refractivity contribution is 5.42. The fourth-order valence-electron chi connectivity index (χ4n) is 0.633. The van der Waals surface area contributed by atoms with E-state index in [9.17, 15) is 0 Å². The Labute approximate surface area is 65.4 Å². The summed E-state index contributed by atoms with van der Waals surface area (Å²) in [5, 5.41) is 0. The van der Waals surface area contributed by atoms with Crippen molar-refractivity contribution in [2.45, 2.75) is 20.8 Å². The van der Waals surface area contributed by atoms with Crippen LogP contribution in [0.25, 0.3) is 0 Å². The summed E-state index contributed by atoms with van der Waals surface area (Å²) >= 11 is 0. The first-order chi connectivity index (χ1) is 5.11. The summed E-state index contributed by atoms with van der Waals surface area (Å²) in [5.41, 5.74) is 5.16. The van der Waals surface area contributed by atoms with Crippen LogP contribution in [0.1, 0.15) is 17.3 Å². The highest BCUT2D eigenvalue weighted by atomic mass is 16.4.